The molecule has 0 aromatic heterocycles. The summed E-state index contributed by atoms with van der Waals surface area (Å²) in [5, 5.41) is 0. The van der Waals surface area contributed by atoms with Crippen LogP contribution in [0.1, 0.15) is 16.8 Å². The van der Waals surface area contributed by atoms with Gasteiger partial charge < -0.3 is 4.90 Å². The van der Waals surface area contributed by atoms with Crippen molar-refractivity contribution in [1.29, 1.82) is 0 Å². The van der Waals surface area contributed by atoms with Gasteiger partial charge in [0.25, 0.3) is 11.8 Å². The average molecular weight is 352 g/mol. The van der Waals surface area contributed by atoms with E-state index in [4.69, 9.17) is 0 Å². The van der Waals surface area contributed by atoms with Crippen molar-refractivity contribution >= 4 is 29.1 Å². The molecule has 1 saturated heterocycles. The molecule has 1 heterocycles. The molecule has 134 valence electrons. The van der Waals surface area contributed by atoms with Crippen LogP contribution >= 0.6 is 0 Å². The summed E-state index contributed by atoms with van der Waals surface area (Å²) in [6, 6.07) is 15.0. The molecule has 1 atom stereocenters. The lowest BCUT2D eigenvalue weighted by atomic mass is 10.2. The van der Waals surface area contributed by atoms with Gasteiger partial charge in [-0.15, -0.1) is 0 Å². The highest BCUT2D eigenvalue weighted by molar-refractivity contribution is 6.22. The maximum atomic E-state index is 12.5. The second kappa shape index (κ2) is 7.37. The van der Waals surface area contributed by atoms with Gasteiger partial charge in [0, 0.05) is 25.3 Å². The molecular formula is C19H20N4O3. The number of carbonyl (C=O) groups is 3. The van der Waals surface area contributed by atoms with E-state index in [9.17, 15) is 14.4 Å². The molecule has 0 saturated carbocycles. The minimum absolute atomic E-state index is 0.00637. The number of benzene rings is 2. The van der Waals surface area contributed by atoms with Crippen LogP contribution in [0.2, 0.25) is 0 Å². The van der Waals surface area contributed by atoms with Gasteiger partial charge in [-0.05, 0) is 36.4 Å². The summed E-state index contributed by atoms with van der Waals surface area (Å²) in [7, 11) is 3.83. The Hall–Kier alpha value is -3.19. The lowest BCUT2D eigenvalue weighted by Crippen LogP contribution is -2.48. The van der Waals surface area contributed by atoms with Crippen molar-refractivity contribution in [3.8, 4) is 0 Å². The molecule has 26 heavy (non-hydrogen) atoms. The Bertz CT molecular complexity index is 818. The van der Waals surface area contributed by atoms with Crippen molar-refractivity contribution in [2.75, 3.05) is 23.9 Å². The Morgan fingerprint density at radius 2 is 1.69 bits per heavy atom. The zero-order valence-electron chi connectivity index (χ0n) is 14.6. The molecule has 2 aromatic rings. The number of amides is 3. The monoisotopic (exact) mass is 352 g/mol. The summed E-state index contributed by atoms with van der Waals surface area (Å²) in [6.45, 7) is 0. The molecular weight excluding hydrogens is 332 g/mol. The largest absolute Gasteiger partial charge is 0.378 e. The second-order valence-electron chi connectivity index (χ2n) is 6.20. The van der Waals surface area contributed by atoms with Crippen molar-refractivity contribution < 1.29 is 14.4 Å². The third kappa shape index (κ3) is 3.57. The maximum Gasteiger partial charge on any atom is 0.265 e. The Balaban J connectivity index is 1.62. The fourth-order valence-electron chi connectivity index (χ4n) is 2.73. The van der Waals surface area contributed by atoms with Gasteiger partial charge in [-0.25, -0.2) is 10.3 Å². The van der Waals surface area contributed by atoms with Crippen molar-refractivity contribution in [1.82, 2.24) is 10.9 Å². The number of nitrogens with one attached hydrogen (secondary N) is 2. The van der Waals surface area contributed by atoms with Crippen molar-refractivity contribution in [2.45, 2.75) is 12.5 Å². The molecule has 1 aliphatic heterocycles. The molecule has 0 bridgehead atoms. The van der Waals surface area contributed by atoms with E-state index < -0.39 is 6.04 Å². The smallest absolute Gasteiger partial charge is 0.265 e. The number of imide groups is 1. The molecule has 1 aliphatic rings. The number of hydrogen-bond donors (Lipinski definition) is 2. The highest BCUT2D eigenvalue weighted by Crippen LogP contribution is 2.22. The predicted octanol–water partition coefficient (Wildman–Crippen LogP) is 1.32. The number of hydrogen-bond acceptors (Lipinski definition) is 5. The van der Waals surface area contributed by atoms with Crippen LogP contribution in [0.25, 0.3) is 0 Å². The van der Waals surface area contributed by atoms with Gasteiger partial charge in [0.15, 0.2) is 0 Å². The third-order valence-electron chi connectivity index (χ3n) is 4.17. The van der Waals surface area contributed by atoms with E-state index in [2.05, 4.69) is 10.9 Å². The Morgan fingerprint density at radius 3 is 2.31 bits per heavy atom. The molecule has 7 heteroatoms. The standard InChI is InChI=1S/C19H20N4O3/c1-22(2)14-10-8-13(9-11-14)18(25)21-20-16-12-17(24)23(19(16)26)15-6-4-3-5-7-15/h3-11,16,20H,12H2,1-2H3,(H,21,25)/t16-/m0/s1. The summed E-state index contributed by atoms with van der Waals surface area (Å²) in [6.07, 6.45) is -0.00637. The van der Waals surface area contributed by atoms with Gasteiger partial charge >= 0.3 is 0 Å². The fourth-order valence-corrected chi connectivity index (χ4v) is 2.73. The van der Waals surface area contributed by atoms with E-state index in [0.717, 1.165) is 10.6 Å². The quantitative estimate of drug-likeness (QED) is 0.627. The fraction of sp³-hybridized carbons (Fsp3) is 0.211. The van der Waals surface area contributed by atoms with Gasteiger partial charge in [-0.1, -0.05) is 18.2 Å². The number of nitrogens with zero attached hydrogens (tertiary/aromatic N) is 2. The van der Waals surface area contributed by atoms with Crippen LogP contribution in [0.3, 0.4) is 0 Å². The first-order valence-corrected chi connectivity index (χ1v) is 8.22. The second-order valence-corrected chi connectivity index (χ2v) is 6.20. The zero-order chi connectivity index (χ0) is 18.7. The van der Waals surface area contributed by atoms with Crippen LogP contribution in [-0.2, 0) is 9.59 Å². The highest BCUT2D eigenvalue weighted by atomic mass is 16.2. The summed E-state index contributed by atoms with van der Waals surface area (Å²) in [5.74, 6) is -1.05. The Labute approximate surface area is 151 Å². The van der Waals surface area contributed by atoms with Crippen LogP contribution < -0.4 is 20.7 Å². The summed E-state index contributed by atoms with van der Waals surface area (Å²) < 4.78 is 0. The Morgan fingerprint density at radius 1 is 1.04 bits per heavy atom. The molecule has 0 aliphatic carbocycles. The summed E-state index contributed by atoms with van der Waals surface area (Å²) in [4.78, 5) is 39.9. The zero-order valence-corrected chi connectivity index (χ0v) is 14.6. The number of carbonyl (C=O) groups excluding carboxylic acids is 3. The van der Waals surface area contributed by atoms with Gasteiger partial charge in [0.1, 0.15) is 6.04 Å². The molecule has 2 N–H and O–H groups in total. The first-order chi connectivity index (χ1) is 12.5. The predicted molar refractivity (Wildman–Crippen MR) is 98.7 cm³/mol. The maximum absolute atomic E-state index is 12.5. The van der Waals surface area contributed by atoms with Gasteiger partial charge in [0.05, 0.1) is 12.1 Å². The molecule has 0 radical (unpaired) electrons. The van der Waals surface area contributed by atoms with E-state index >= 15 is 0 Å². The number of hydrazine groups is 1. The number of anilines is 2. The number of para-hydroxylation sites is 1. The normalized spacial score (nSPS) is 16.7. The molecule has 3 amide bonds. The van der Waals surface area contributed by atoms with Crippen molar-refractivity contribution in [2.24, 2.45) is 0 Å². The SMILES string of the molecule is CN(C)c1ccc(C(=O)NN[C@H]2CC(=O)N(c3ccccc3)C2=O)cc1. The van der Waals surface area contributed by atoms with Crippen LogP contribution in [0.4, 0.5) is 11.4 Å². The van der Waals surface area contributed by atoms with E-state index in [1.807, 2.05) is 37.2 Å². The van der Waals surface area contributed by atoms with Crippen LogP contribution in [0.15, 0.2) is 54.6 Å². The molecule has 3 rings (SSSR count). The lowest BCUT2D eigenvalue weighted by molar-refractivity contribution is -0.121. The van der Waals surface area contributed by atoms with Crippen LogP contribution in [0.5, 0.6) is 0 Å². The summed E-state index contributed by atoms with van der Waals surface area (Å²) >= 11 is 0. The van der Waals surface area contributed by atoms with Gasteiger partial charge in [0.2, 0.25) is 5.91 Å². The first kappa shape index (κ1) is 17.6. The minimum atomic E-state index is -0.785. The molecule has 7 nitrogen and oxygen atoms in total. The topological polar surface area (TPSA) is 81.8 Å². The van der Waals surface area contributed by atoms with Crippen molar-refractivity contribution in [3.63, 3.8) is 0 Å². The Kier molecular flexibility index (Phi) is 4.99. The molecule has 0 spiro atoms. The number of rotatable bonds is 5. The van der Waals surface area contributed by atoms with Gasteiger partial charge in [-0.2, -0.15) is 0 Å². The average Bonchev–Trinajstić information content (AvgIpc) is 2.94. The summed E-state index contributed by atoms with van der Waals surface area (Å²) in [5.41, 5.74) is 7.15. The van der Waals surface area contributed by atoms with E-state index in [1.165, 1.54) is 0 Å². The highest BCUT2D eigenvalue weighted by Gasteiger charge is 2.39. The molecule has 0 unspecified atom stereocenters. The third-order valence-corrected chi connectivity index (χ3v) is 4.17. The van der Waals surface area contributed by atoms with E-state index in [-0.39, 0.29) is 24.1 Å². The van der Waals surface area contributed by atoms with Gasteiger partial charge in [-0.3, -0.25) is 19.8 Å². The van der Waals surface area contributed by atoms with E-state index in [1.54, 1.807) is 36.4 Å². The molecule has 2 aromatic carbocycles. The minimum Gasteiger partial charge on any atom is -0.378 e. The molecule has 1 fully saturated rings. The lowest BCUT2D eigenvalue weighted by Gasteiger charge is -2.16. The van der Waals surface area contributed by atoms with Crippen LogP contribution in [-0.4, -0.2) is 37.9 Å². The van der Waals surface area contributed by atoms with Crippen molar-refractivity contribution in [3.05, 3.63) is 60.2 Å². The van der Waals surface area contributed by atoms with E-state index in [0.29, 0.717) is 11.3 Å². The first-order valence-electron chi connectivity index (χ1n) is 8.22. The van der Waals surface area contributed by atoms with Crippen LogP contribution in [0, 0.1) is 0 Å².